The van der Waals surface area contributed by atoms with Crippen LogP contribution in [0.2, 0.25) is 0 Å². The highest BCUT2D eigenvalue weighted by molar-refractivity contribution is 6.46. The number of rotatable bonds is 8. The molecule has 4 rings (SSSR count). The minimum absolute atomic E-state index is 0.0161. The van der Waals surface area contributed by atoms with Gasteiger partial charge in [0.05, 0.1) is 12.6 Å². The molecule has 0 saturated heterocycles. The van der Waals surface area contributed by atoms with Gasteiger partial charge in [0.25, 0.3) is 11.8 Å². The number of amides is 2. The van der Waals surface area contributed by atoms with E-state index in [0.29, 0.717) is 30.7 Å². The lowest BCUT2D eigenvalue weighted by atomic mass is 9.69. The Morgan fingerprint density at radius 3 is 2.18 bits per heavy atom. The number of aliphatic imine (C=N–C) groups is 1. The maximum absolute atomic E-state index is 14.4. The highest BCUT2D eigenvalue weighted by atomic mass is 19.1. The van der Waals surface area contributed by atoms with Crippen LogP contribution in [0.3, 0.4) is 0 Å². The van der Waals surface area contributed by atoms with Gasteiger partial charge in [-0.3, -0.25) is 14.6 Å². The average Bonchev–Trinajstić information content (AvgIpc) is 3.21. The molecule has 8 nitrogen and oxygen atoms in total. The van der Waals surface area contributed by atoms with Gasteiger partial charge in [0.1, 0.15) is 28.8 Å². The summed E-state index contributed by atoms with van der Waals surface area (Å²) in [7, 11) is 0. The van der Waals surface area contributed by atoms with Gasteiger partial charge in [-0.15, -0.1) is 0 Å². The van der Waals surface area contributed by atoms with Crippen molar-refractivity contribution < 1.29 is 18.4 Å². The number of nitrogens with two attached hydrogens (primary N) is 2. The molecule has 1 heterocycles. The molecule has 2 aromatic carbocycles. The summed E-state index contributed by atoms with van der Waals surface area (Å²) in [6.07, 6.45) is 4.52. The van der Waals surface area contributed by atoms with Gasteiger partial charge in [0, 0.05) is 17.2 Å². The van der Waals surface area contributed by atoms with E-state index in [1.165, 1.54) is 12.1 Å². The number of carbonyl (C=O) groups excluding carboxylic acids is 2. The van der Waals surface area contributed by atoms with E-state index in [1.807, 2.05) is 17.0 Å². The molecule has 1 saturated carbocycles. The molecule has 1 unspecified atom stereocenters. The molecule has 1 fully saturated rings. The molecule has 0 radical (unpaired) electrons. The van der Waals surface area contributed by atoms with Crippen molar-refractivity contribution in [3.63, 3.8) is 0 Å². The molecule has 0 aromatic heterocycles. The van der Waals surface area contributed by atoms with Crippen LogP contribution in [0.15, 0.2) is 52.6 Å². The summed E-state index contributed by atoms with van der Waals surface area (Å²) in [5.41, 5.74) is 6.38. The Morgan fingerprint density at radius 2 is 1.66 bits per heavy atom. The van der Waals surface area contributed by atoms with E-state index in [9.17, 15) is 18.4 Å². The van der Waals surface area contributed by atoms with Crippen LogP contribution in [-0.2, 0) is 4.79 Å². The summed E-state index contributed by atoms with van der Waals surface area (Å²) in [4.78, 5) is 34.1. The topological polar surface area (TPSA) is 126 Å². The zero-order chi connectivity index (χ0) is 32.4. The zero-order valence-electron chi connectivity index (χ0n) is 26.7. The number of amidine groups is 1. The largest absolute Gasteiger partial charge is 0.384 e. The number of hydrogen-bond donors (Lipinski definition) is 3. The Balaban J connectivity index is 1.76. The quantitative estimate of drug-likeness (QED) is 0.146. The molecule has 5 N–H and O–H groups in total. The lowest BCUT2D eigenvalue weighted by Gasteiger charge is -2.47. The van der Waals surface area contributed by atoms with Gasteiger partial charge in [-0.1, -0.05) is 53.7 Å². The number of nitrogens with zero attached hydrogens (tertiary/aromatic N) is 3. The summed E-state index contributed by atoms with van der Waals surface area (Å²) in [6, 6.07) is 9.95. The third kappa shape index (κ3) is 7.45. The Bertz CT molecular complexity index is 1410. The van der Waals surface area contributed by atoms with E-state index >= 15 is 0 Å². The van der Waals surface area contributed by atoms with Crippen molar-refractivity contribution >= 4 is 23.4 Å². The Hall–Kier alpha value is -3.82. The molecule has 2 aliphatic rings. The van der Waals surface area contributed by atoms with E-state index < -0.39 is 17.3 Å². The van der Waals surface area contributed by atoms with Crippen LogP contribution in [-0.4, -0.2) is 40.5 Å². The van der Waals surface area contributed by atoms with Gasteiger partial charge in [-0.2, -0.15) is 5.10 Å². The van der Waals surface area contributed by atoms with Crippen LogP contribution < -0.4 is 16.9 Å². The molecule has 1 aliphatic heterocycles. The highest BCUT2D eigenvalue weighted by Gasteiger charge is 2.52. The second-order valence-electron chi connectivity index (χ2n) is 14.5. The van der Waals surface area contributed by atoms with Crippen LogP contribution in [0.25, 0.3) is 0 Å². The highest BCUT2D eigenvalue weighted by Crippen LogP contribution is 2.50. The number of carbonyl (C=O) groups is 2. The van der Waals surface area contributed by atoms with Crippen molar-refractivity contribution in [2.45, 2.75) is 91.8 Å². The van der Waals surface area contributed by atoms with Crippen molar-refractivity contribution in [3.8, 4) is 0 Å². The summed E-state index contributed by atoms with van der Waals surface area (Å²) >= 11 is 0. The normalized spacial score (nSPS) is 21.9. The van der Waals surface area contributed by atoms with Gasteiger partial charge in [0.15, 0.2) is 0 Å². The van der Waals surface area contributed by atoms with Gasteiger partial charge in [0.2, 0.25) is 0 Å². The molecule has 238 valence electrons. The third-order valence-electron chi connectivity index (χ3n) is 8.97. The van der Waals surface area contributed by atoms with Crippen LogP contribution in [0, 0.1) is 28.4 Å². The summed E-state index contributed by atoms with van der Waals surface area (Å²) in [6.45, 7) is 13.2. The molecular weight excluding hydrogens is 562 g/mol. The zero-order valence-corrected chi connectivity index (χ0v) is 26.7. The third-order valence-corrected chi connectivity index (χ3v) is 8.97. The first-order valence-electron chi connectivity index (χ1n) is 15.3. The smallest absolute Gasteiger partial charge is 0.275 e. The second kappa shape index (κ2) is 12.7. The molecule has 2 amide bonds. The maximum Gasteiger partial charge on any atom is 0.275 e. The minimum Gasteiger partial charge on any atom is -0.384 e. The first kappa shape index (κ1) is 33.1. The molecular formula is C34H46F2N6O2. The monoisotopic (exact) mass is 608 g/mol. The number of benzene rings is 2. The fourth-order valence-electron chi connectivity index (χ4n) is 6.41. The average molecular weight is 609 g/mol. The number of nitrogens with one attached hydrogen (secondary N) is 1. The fourth-order valence-corrected chi connectivity index (χ4v) is 6.41. The lowest BCUT2D eigenvalue weighted by Crippen LogP contribution is -2.51. The van der Waals surface area contributed by atoms with Gasteiger partial charge >= 0.3 is 0 Å². The summed E-state index contributed by atoms with van der Waals surface area (Å²) in [5.74, 6) is 3.55. The summed E-state index contributed by atoms with van der Waals surface area (Å²) in [5, 5.41) is 6.05. The van der Waals surface area contributed by atoms with Crippen molar-refractivity contribution in [3.05, 3.63) is 70.8 Å². The van der Waals surface area contributed by atoms with Crippen LogP contribution in [0.1, 0.15) is 108 Å². The van der Waals surface area contributed by atoms with Crippen LogP contribution in [0.5, 0.6) is 0 Å². The second-order valence-corrected chi connectivity index (χ2v) is 14.5. The number of hydrogen-bond acceptors (Lipinski definition) is 5. The fraction of sp³-hybridized carbons (Fsp3) is 0.529. The van der Waals surface area contributed by atoms with Gasteiger partial charge < -0.3 is 21.8 Å². The first-order chi connectivity index (χ1) is 20.5. The van der Waals surface area contributed by atoms with Crippen LogP contribution in [0.4, 0.5) is 8.78 Å². The van der Waals surface area contributed by atoms with Crippen molar-refractivity contribution in [2.75, 3.05) is 6.54 Å². The lowest BCUT2D eigenvalue weighted by molar-refractivity contribution is -0.134. The van der Waals surface area contributed by atoms with E-state index in [4.69, 9.17) is 16.6 Å². The maximum atomic E-state index is 14.4. The minimum atomic E-state index is -0.839. The molecule has 0 bridgehead atoms. The molecule has 1 aliphatic carbocycles. The van der Waals surface area contributed by atoms with Crippen molar-refractivity contribution in [2.24, 2.45) is 38.4 Å². The van der Waals surface area contributed by atoms with Gasteiger partial charge in [-0.25, -0.2) is 8.78 Å². The molecule has 1 atom stereocenters. The van der Waals surface area contributed by atoms with E-state index in [2.05, 4.69) is 52.0 Å². The van der Waals surface area contributed by atoms with Gasteiger partial charge in [-0.05, 0) is 85.1 Å². The standard InChI is InChI=1S/C34H46F2N6O2/c1-32(2,3)14-13-27(21-7-9-22(10-8-21)30(43)39-20-28(37)41-38)42-31(44)29(23-17-25(35)19-26(36)18-23)40-34(42)15-11-24(12-16-34)33(4,5)6/h7-10,17-19,24,27H,11-16,20,38H2,1-6H3,(H2,37,41)(H,39,43). The number of hydrazone groups is 1. The molecule has 10 heteroatoms. The van der Waals surface area contributed by atoms with E-state index in [1.54, 1.807) is 12.1 Å². The predicted molar refractivity (Wildman–Crippen MR) is 170 cm³/mol. The number of halogens is 2. The van der Waals surface area contributed by atoms with E-state index in [-0.39, 0.29) is 52.3 Å². The van der Waals surface area contributed by atoms with Crippen molar-refractivity contribution in [1.82, 2.24) is 10.2 Å². The predicted octanol–water partition coefficient (Wildman–Crippen LogP) is 6.06. The summed E-state index contributed by atoms with van der Waals surface area (Å²) < 4.78 is 28.7. The molecule has 1 spiro atoms. The van der Waals surface area contributed by atoms with Crippen molar-refractivity contribution in [1.29, 1.82) is 0 Å². The van der Waals surface area contributed by atoms with E-state index in [0.717, 1.165) is 30.9 Å². The van der Waals surface area contributed by atoms with Crippen LogP contribution >= 0.6 is 0 Å². The SMILES string of the molecule is CC(C)(C)CCC(c1ccc(C(=O)NCC(N)=NN)cc1)N1C(=O)C(c2cc(F)cc(F)c2)=NC12CCC(C(C)(C)C)CC2. The Morgan fingerprint density at radius 1 is 1.07 bits per heavy atom. The molecule has 44 heavy (non-hydrogen) atoms. The Kier molecular flexibility index (Phi) is 9.51. The Labute approximate surface area is 259 Å². The molecule has 2 aromatic rings. The first-order valence-corrected chi connectivity index (χ1v) is 15.3.